The van der Waals surface area contributed by atoms with Crippen LogP contribution in [0.1, 0.15) is 176 Å². The van der Waals surface area contributed by atoms with Gasteiger partial charge < -0.3 is 46.6 Å². The zero-order valence-electron chi connectivity index (χ0n) is 79.4. The predicted molar refractivity (Wildman–Crippen MR) is 597 cm³/mol. The molecule has 2 aromatic heterocycles. The fourth-order valence-electron chi connectivity index (χ4n) is 14.9. The SMILES string of the molecule is C#CC(=O)c1cccc(Cl)c1Cl.C1CCNCC1.CC#CC.CS.Cn1nc(-c2cccc(Cl)c2Cl)cc1N1CCCCC1.Cn1nc(-c2cccc(Cl)c2Cl)cc1N1CCN(C(=O)CNC(=O)[C@H](N=C(N)N)C2CCCCC2)CC1.O=C(/C(Br)=C/N1CCCCC1)c1cccc(Cl)c1Cl.O=C(/C=C/N1CCCCC1)c1cccc(Cl)c1Cl.O=C(Cl)c1cccc(Cl)c1Cl.[3H]C#CC(=O)c1cccc(Cl)c1Cl. The van der Waals surface area contributed by atoms with Crippen molar-refractivity contribution in [3.05, 3.63) is 261 Å². The third-order valence-electron chi connectivity index (χ3n) is 22.3. The number of anilines is 2. The van der Waals surface area contributed by atoms with E-state index in [0.717, 1.165) is 106 Å². The summed E-state index contributed by atoms with van der Waals surface area (Å²) < 4.78 is 10.8. The van der Waals surface area contributed by atoms with Gasteiger partial charge in [-0.1, -0.05) is 243 Å². The first kappa shape index (κ1) is 120. The molecule has 2 amide bonds. The highest BCUT2D eigenvalue weighted by molar-refractivity contribution is 9.12. The lowest BCUT2D eigenvalue weighted by Gasteiger charge is -2.36. The molecule has 5 aliphatic heterocycles. The molecule has 6 fully saturated rings. The molecule has 0 bridgehead atoms. The summed E-state index contributed by atoms with van der Waals surface area (Å²) in [6.07, 6.45) is 34.0. The Morgan fingerprint density at radius 3 is 1.27 bits per heavy atom. The normalized spacial score (nSPS) is 14.6. The second kappa shape index (κ2) is 65.5. The van der Waals surface area contributed by atoms with Crippen LogP contribution in [-0.2, 0) is 23.7 Å². The molecule has 5 saturated heterocycles. The lowest BCUT2D eigenvalue weighted by molar-refractivity contribution is -0.133. The van der Waals surface area contributed by atoms with Gasteiger partial charge in [-0.2, -0.15) is 22.8 Å². The van der Waals surface area contributed by atoms with Crippen LogP contribution in [0, 0.1) is 42.4 Å². The van der Waals surface area contributed by atoms with Gasteiger partial charge >= 0.3 is 0 Å². The molecule has 0 unspecified atom stereocenters. The monoisotopic (exact) mass is 2290 g/mol. The number of rotatable bonds is 18. The van der Waals surface area contributed by atoms with Crippen LogP contribution in [-0.4, -0.2) is 178 Å². The van der Waals surface area contributed by atoms with Crippen molar-refractivity contribution in [3.63, 3.8) is 0 Å². The van der Waals surface area contributed by atoms with Gasteiger partial charge in [0, 0.05) is 132 Å². The van der Waals surface area contributed by atoms with Gasteiger partial charge in [0.05, 0.1) is 109 Å². The summed E-state index contributed by atoms with van der Waals surface area (Å²) in [5.74, 6) is 9.84. The molecule has 9 aromatic rings. The second-order valence-electron chi connectivity index (χ2n) is 32.0. The standard InChI is InChI=1S/C25H34Cl2N8O2.C15H17Cl2N3.C14H14BrCl2NO.C14H15Cl2NO.2C9H4Cl2O.C7H3Cl3O.C5H11N.C4H6.CH4S/c1-33-20(14-19(32-33)17-8-5-9-18(26)22(17)27)34-10-12-35(13-11-34)21(36)15-30-24(37)23(31-25(28)29)16-6-3-2-4-7-16;1-19-14(20-8-3-2-4-9-20)10-13(18-19)11-6-5-7-12(16)15(11)17;15-11(9-18-7-2-1-3-8-18)14(19)10-5-4-6-12(16)13(10)17;15-12-6-4-5-11(14(12)16)13(18)7-10-17-8-2-1-3-9-17;2*1-2-8(12)6-4-3-5-7(10)9(6)11;8-5-3-1-2-4(6(5)9)7(10)11;1-2-4-6-5-3-1;1-3-4-2;1-2/h5,8-9,14,16,23H,2-4,6-7,10-13,15H2,1H3,(H,30,37)(H4,28,29,31);5-7,10H,2-4,8-9H2,1H3;4-6,9H,1-3,7-8H2;4-7,10H,1-3,8-9H2;2*1,3-5H;1-3H;6H,1-5H2;1-2H3;2H,1H3/b;;11-9-;10-7+;;;;;;/t23-;;;;;;;;;/m1........./s1/i;;;;1T;;;;;. The molecule has 6 N–H and O–H groups in total. The van der Waals surface area contributed by atoms with E-state index < -0.39 is 22.9 Å². The van der Waals surface area contributed by atoms with E-state index in [-0.39, 0.29) is 73.6 Å². The number of likely N-dealkylation sites (tertiary alicyclic amines) is 2. The molecular formula is C103H112BrCl15N14O7S. The molecule has 0 spiro atoms. The Balaban J connectivity index is 0.000000258. The highest BCUT2D eigenvalue weighted by atomic mass is 79.9. The third-order valence-corrected chi connectivity index (χ3v) is 28.8. The summed E-state index contributed by atoms with van der Waals surface area (Å²) in [6, 6.07) is 38.9. The average Bonchev–Trinajstić information content (AvgIpc) is 1.62. The number of hydrogen-bond acceptors (Lipinski definition) is 16. The van der Waals surface area contributed by atoms with Crippen LogP contribution < -0.4 is 31.9 Å². The van der Waals surface area contributed by atoms with Crippen LogP contribution in [0.15, 0.2) is 167 Å². The maximum Gasteiger partial charge on any atom is 0.253 e. The first-order chi connectivity index (χ1) is 68.0. The highest BCUT2D eigenvalue weighted by Gasteiger charge is 2.32. The molecule has 0 radical (unpaired) electrons. The Hall–Kier alpha value is -7.98. The molecule has 6 aliphatic rings. The van der Waals surface area contributed by atoms with Crippen LogP contribution in [0.25, 0.3) is 22.5 Å². The van der Waals surface area contributed by atoms with Crippen molar-refractivity contribution in [3.8, 4) is 59.0 Å². The number of carbonyl (C=O) groups is 7. The van der Waals surface area contributed by atoms with E-state index in [1.54, 1.807) is 113 Å². The summed E-state index contributed by atoms with van der Waals surface area (Å²) in [6.45, 7) is 14.6. The number of amides is 2. The number of piperazine rings is 1. The summed E-state index contributed by atoms with van der Waals surface area (Å²) in [4.78, 5) is 97.7. The number of allylic oxidation sites excluding steroid dienone is 2. The number of ketones is 4. The van der Waals surface area contributed by atoms with E-state index in [0.29, 0.717) is 97.0 Å². The van der Waals surface area contributed by atoms with E-state index >= 15 is 0 Å². The van der Waals surface area contributed by atoms with E-state index in [9.17, 15) is 33.6 Å². The fraction of sp³-hybridized carbons (Fsp3) is 0.359. The number of nitrogens with zero attached hydrogens (tertiary/aromatic N) is 10. The first-order valence-corrected chi connectivity index (χ1v) is 52.5. The minimum atomic E-state index is -0.651. The summed E-state index contributed by atoms with van der Waals surface area (Å²) in [5, 5.41) is 19.7. The number of piperidine rings is 4. The summed E-state index contributed by atoms with van der Waals surface area (Å²) in [7, 11) is 3.86. The number of thiol groups is 1. The van der Waals surface area contributed by atoms with E-state index in [2.05, 4.69) is 97.8 Å². The Morgan fingerprint density at radius 2 is 0.865 bits per heavy atom. The number of nitrogens with one attached hydrogen (secondary N) is 2. The lowest BCUT2D eigenvalue weighted by atomic mass is 9.83. The van der Waals surface area contributed by atoms with Crippen molar-refractivity contribution in [1.82, 2.24) is 44.9 Å². The van der Waals surface area contributed by atoms with Crippen molar-refractivity contribution in [1.29, 1.82) is 0 Å². The minimum absolute atomic E-state index is 0.0782. The molecule has 15 rings (SSSR count). The number of terminal acetylenes is 2. The van der Waals surface area contributed by atoms with E-state index in [4.69, 9.17) is 193 Å². The highest BCUT2D eigenvalue weighted by Crippen LogP contribution is 2.39. The van der Waals surface area contributed by atoms with Crippen molar-refractivity contribution < 1.29 is 34.9 Å². The number of aryl methyl sites for hydroxylation is 2. The topological polar surface area (TPSA) is 260 Å². The van der Waals surface area contributed by atoms with Gasteiger partial charge in [-0.25, -0.2) is 4.99 Å². The number of aromatic nitrogens is 4. The number of nitrogens with two attached hydrogens (primary N) is 2. The maximum atomic E-state index is 12.9. The number of hydrogen-bond donors (Lipinski definition) is 5. The Morgan fingerprint density at radius 1 is 0.496 bits per heavy atom. The summed E-state index contributed by atoms with van der Waals surface area (Å²) >= 11 is 94.9. The maximum absolute atomic E-state index is 12.9. The Bertz CT molecular complexity index is 5960. The lowest BCUT2D eigenvalue weighted by Crippen LogP contribution is -2.52. The summed E-state index contributed by atoms with van der Waals surface area (Å²) in [5.41, 5.74) is 16.0. The minimum Gasteiger partial charge on any atom is -0.377 e. The Labute approximate surface area is 917 Å². The van der Waals surface area contributed by atoms with Crippen molar-refractivity contribution in [2.45, 2.75) is 129 Å². The smallest absolute Gasteiger partial charge is 0.253 e. The van der Waals surface area contributed by atoms with Crippen molar-refractivity contribution in [2.75, 3.05) is 101 Å². The number of aliphatic imine (C=N–C) groups is 1. The van der Waals surface area contributed by atoms with Gasteiger partial charge in [0.25, 0.3) is 5.24 Å². The molecule has 7 heterocycles. The van der Waals surface area contributed by atoms with Gasteiger partial charge in [-0.05, 0) is 235 Å². The first-order valence-electron chi connectivity index (χ1n) is 45.7. The molecule has 1 atom stereocenters. The Kier molecular flexibility index (Phi) is 55.7. The van der Waals surface area contributed by atoms with Gasteiger partial charge in [0.2, 0.25) is 29.2 Å². The number of carbonyl (C=O) groups excluding carboxylic acids is 7. The fourth-order valence-corrected chi connectivity index (χ4v) is 18.4. The van der Waals surface area contributed by atoms with E-state index in [1.807, 2.05) is 81.3 Å². The molecule has 754 valence electrons. The molecular weight excluding hydrogens is 2190 g/mol. The zero-order chi connectivity index (χ0) is 104. The molecule has 141 heavy (non-hydrogen) atoms. The molecule has 21 nitrogen and oxygen atoms in total. The molecule has 7 aromatic carbocycles. The van der Waals surface area contributed by atoms with E-state index in [1.165, 1.54) is 108 Å². The zero-order valence-corrected chi connectivity index (χ0v) is 92.3. The van der Waals surface area contributed by atoms with Crippen molar-refractivity contribution >= 4 is 260 Å². The van der Waals surface area contributed by atoms with Crippen LogP contribution in [0.4, 0.5) is 11.6 Å². The molecule has 38 heteroatoms. The largest absolute Gasteiger partial charge is 0.377 e. The molecule has 1 aliphatic carbocycles. The third kappa shape index (κ3) is 39.7. The van der Waals surface area contributed by atoms with Gasteiger partial charge in [0.1, 0.15) is 19.0 Å². The average molecular weight is 2300 g/mol. The van der Waals surface area contributed by atoms with Crippen LogP contribution in [0.2, 0.25) is 70.3 Å². The van der Waals surface area contributed by atoms with Crippen LogP contribution in [0.3, 0.4) is 0 Å². The van der Waals surface area contributed by atoms with Gasteiger partial charge in [0.15, 0.2) is 11.7 Å². The van der Waals surface area contributed by atoms with Gasteiger partial charge in [-0.3, -0.25) is 42.9 Å². The van der Waals surface area contributed by atoms with Crippen molar-refractivity contribution in [2.24, 2.45) is 36.5 Å². The number of benzene rings is 7. The number of halogens is 16. The van der Waals surface area contributed by atoms with Gasteiger partial charge in [-0.15, -0.1) is 24.7 Å². The van der Waals surface area contributed by atoms with Crippen LogP contribution in [0.5, 0.6) is 0 Å². The number of guanidine groups is 1. The number of Topliss-reactive ketones (excluding diaryl/α,β-unsaturated/α-hetero) is 3. The van der Waals surface area contributed by atoms with Crippen LogP contribution >= 0.6 is 203 Å². The quantitative estimate of drug-likeness (QED) is 0.00782. The molecule has 1 saturated carbocycles. The predicted octanol–water partition coefficient (Wildman–Crippen LogP) is 27.2. The second-order valence-corrected chi connectivity index (χ2v) is 38.6.